The van der Waals surface area contributed by atoms with Crippen molar-refractivity contribution in [2.75, 3.05) is 0 Å². The van der Waals surface area contributed by atoms with Gasteiger partial charge in [0.25, 0.3) is 11.4 Å². The summed E-state index contributed by atoms with van der Waals surface area (Å²) in [5.74, 6) is 0. The number of hydrogen-bond acceptors (Lipinski definition) is 3. The third-order valence-electron chi connectivity index (χ3n) is 0.0556. The van der Waals surface area contributed by atoms with E-state index in [0.29, 0.717) is 0 Å². The lowest BCUT2D eigenvalue weighted by Gasteiger charge is -1.59. The first-order chi connectivity index (χ1) is 3.65. The lowest BCUT2D eigenvalue weighted by molar-refractivity contribution is -0.122. The predicted molar refractivity (Wildman–Crippen MR) is 25.5 cm³/mol. The Balaban J connectivity index is 0. The summed E-state index contributed by atoms with van der Waals surface area (Å²) in [5, 5.41) is 0. The third-order valence-corrected chi connectivity index (χ3v) is 0.0556. The van der Waals surface area contributed by atoms with Crippen LogP contribution in [0.5, 0.6) is 0 Å². The van der Waals surface area contributed by atoms with E-state index in [0.717, 1.165) is 0 Å². The largest absolute Gasteiger partial charge is 0.299 e. The van der Waals surface area contributed by atoms with Crippen LogP contribution in [0.25, 0.3) is 0 Å². The van der Waals surface area contributed by atoms with E-state index >= 15 is 0 Å². The van der Waals surface area contributed by atoms with Crippen molar-refractivity contribution in [3.63, 3.8) is 0 Å². The summed E-state index contributed by atoms with van der Waals surface area (Å²) < 4.78 is 22.8. The number of aldehydes is 2. The van der Waals surface area contributed by atoms with Gasteiger partial charge < -0.3 is 0 Å². The number of rotatable bonds is 1. The molecule has 2 N–H and O–H groups in total. The van der Waals surface area contributed by atoms with Gasteiger partial charge in [0.1, 0.15) is 0 Å². The average Bonchev–Trinajstić information content (AvgIpc) is 1.65. The molecule has 0 bridgehead atoms. The maximum absolute atomic E-state index is 8.81. The van der Waals surface area contributed by atoms with Crippen LogP contribution in [0.1, 0.15) is 0 Å². The zero-order chi connectivity index (χ0) is 6.99. The van der Waals surface area contributed by atoms with Crippen LogP contribution >= 0.6 is 0 Å². The van der Waals surface area contributed by atoms with Crippen molar-refractivity contribution in [1.29, 1.82) is 0 Å². The molecular weight excluding hydrogens is 136 g/mol. The first-order valence-electron chi connectivity index (χ1n) is 1.34. The fraction of sp³-hybridized carbons (Fsp3) is 0. The van der Waals surface area contributed by atoms with Crippen molar-refractivity contribution in [1.82, 2.24) is 0 Å². The fourth-order valence-electron chi connectivity index (χ4n) is 0. The monoisotopic (exact) mass is 140 g/mol. The lowest BCUT2D eigenvalue weighted by atomic mass is 10.9. The molecule has 0 aromatic heterocycles. The van der Waals surface area contributed by atoms with Crippen molar-refractivity contribution in [2.24, 2.45) is 0 Å². The standard InChI is InChI=1S/C2H2O2.H2O3S/c3-1-2-4;1-4(2)3/h1-2H;(H2,1,2,3). The molecule has 0 aromatic rings. The van der Waals surface area contributed by atoms with E-state index in [2.05, 4.69) is 0 Å². The lowest BCUT2D eigenvalue weighted by Crippen LogP contribution is -1.74. The summed E-state index contributed by atoms with van der Waals surface area (Å²) in [7, 11) is 0. The van der Waals surface area contributed by atoms with Gasteiger partial charge >= 0.3 is 0 Å². The van der Waals surface area contributed by atoms with Gasteiger partial charge in [-0.15, -0.1) is 0 Å². The van der Waals surface area contributed by atoms with Crippen LogP contribution in [0.2, 0.25) is 0 Å². The highest BCUT2D eigenvalue weighted by Crippen LogP contribution is 1.44. The molecule has 0 heterocycles. The average molecular weight is 140 g/mol. The van der Waals surface area contributed by atoms with E-state index in [1.54, 1.807) is 0 Å². The van der Waals surface area contributed by atoms with Gasteiger partial charge in [-0.25, -0.2) is 0 Å². The van der Waals surface area contributed by atoms with Gasteiger partial charge in [-0.2, -0.15) is 4.21 Å². The Kier molecular flexibility index (Phi) is 12.5. The molecule has 5 nitrogen and oxygen atoms in total. The van der Waals surface area contributed by atoms with Gasteiger partial charge in [0, 0.05) is 0 Å². The molecule has 0 spiro atoms. The van der Waals surface area contributed by atoms with E-state index in [9.17, 15) is 0 Å². The number of hydrogen-bond donors (Lipinski definition) is 2. The molecule has 0 unspecified atom stereocenters. The van der Waals surface area contributed by atoms with Crippen LogP contribution in [-0.4, -0.2) is 25.9 Å². The molecule has 0 aromatic carbocycles. The highest BCUT2D eigenvalue weighted by atomic mass is 32.2. The van der Waals surface area contributed by atoms with Crippen LogP contribution < -0.4 is 0 Å². The van der Waals surface area contributed by atoms with Gasteiger partial charge in [0.2, 0.25) is 0 Å². The Labute approximate surface area is 47.8 Å². The summed E-state index contributed by atoms with van der Waals surface area (Å²) >= 11 is -2.61. The molecule has 48 valence electrons. The number of carbonyl (C=O) groups excluding carboxylic acids is 2. The van der Waals surface area contributed by atoms with Crippen molar-refractivity contribution < 1.29 is 22.9 Å². The normalized spacial score (nSPS) is 6.88. The molecule has 0 aliphatic rings. The second-order valence-electron chi connectivity index (χ2n) is 0.503. The quantitative estimate of drug-likeness (QED) is 0.279. The zero-order valence-electron chi connectivity index (χ0n) is 3.68. The Bertz CT molecular complexity index is 78.4. The summed E-state index contributed by atoms with van der Waals surface area (Å²) in [6, 6.07) is 0. The summed E-state index contributed by atoms with van der Waals surface area (Å²) in [6.45, 7) is 0. The topological polar surface area (TPSA) is 91.7 Å². The molecule has 0 amide bonds. The molecule has 0 saturated heterocycles. The van der Waals surface area contributed by atoms with E-state index < -0.39 is 11.4 Å². The third kappa shape index (κ3) is 626. The minimum absolute atomic E-state index is 0.194. The predicted octanol–water partition coefficient (Wildman–Crippen LogP) is -0.935. The van der Waals surface area contributed by atoms with E-state index in [-0.39, 0.29) is 12.6 Å². The maximum atomic E-state index is 8.81. The van der Waals surface area contributed by atoms with Crippen LogP contribution in [0.4, 0.5) is 0 Å². The Morgan fingerprint density at radius 2 is 1.25 bits per heavy atom. The van der Waals surface area contributed by atoms with E-state index in [4.69, 9.17) is 22.9 Å². The second kappa shape index (κ2) is 9.65. The molecule has 0 radical (unpaired) electrons. The van der Waals surface area contributed by atoms with Crippen LogP contribution in [-0.2, 0) is 21.0 Å². The second-order valence-corrected chi connectivity index (χ2v) is 0.964. The molecular formula is C2H4O5S. The molecule has 0 atom stereocenters. The zero-order valence-corrected chi connectivity index (χ0v) is 4.50. The van der Waals surface area contributed by atoms with Crippen molar-refractivity contribution in [3.8, 4) is 0 Å². The smallest absolute Gasteiger partial charge is 0.295 e. The maximum Gasteiger partial charge on any atom is 0.299 e. The van der Waals surface area contributed by atoms with Crippen molar-refractivity contribution in [2.45, 2.75) is 0 Å². The molecule has 0 saturated carbocycles. The first-order valence-corrected chi connectivity index (χ1v) is 2.40. The minimum Gasteiger partial charge on any atom is -0.295 e. The molecule has 0 rings (SSSR count). The Hall–Kier alpha value is -0.590. The van der Waals surface area contributed by atoms with Crippen molar-refractivity contribution in [3.05, 3.63) is 0 Å². The fourth-order valence-corrected chi connectivity index (χ4v) is 0. The highest BCUT2D eigenvalue weighted by Gasteiger charge is 1.62. The molecule has 0 aliphatic heterocycles. The molecule has 0 aliphatic carbocycles. The Morgan fingerprint density at radius 3 is 1.25 bits per heavy atom. The van der Waals surface area contributed by atoms with Gasteiger partial charge in [-0.1, -0.05) is 0 Å². The minimum atomic E-state index is -2.61. The number of carbonyl (C=O) groups is 2. The van der Waals surface area contributed by atoms with E-state index in [1.165, 1.54) is 0 Å². The van der Waals surface area contributed by atoms with Crippen LogP contribution in [0.3, 0.4) is 0 Å². The Morgan fingerprint density at radius 1 is 1.12 bits per heavy atom. The SMILES string of the molecule is O=CC=O.O=S(O)O. The summed E-state index contributed by atoms with van der Waals surface area (Å²) in [6.07, 6.45) is 0.389. The van der Waals surface area contributed by atoms with E-state index in [1.807, 2.05) is 0 Å². The van der Waals surface area contributed by atoms with Crippen molar-refractivity contribution >= 4 is 23.9 Å². The molecule has 0 fully saturated rings. The van der Waals surface area contributed by atoms with Gasteiger partial charge in [0.15, 0.2) is 12.6 Å². The van der Waals surface area contributed by atoms with Gasteiger partial charge in [-0.05, 0) is 0 Å². The van der Waals surface area contributed by atoms with Crippen LogP contribution in [0, 0.1) is 0 Å². The van der Waals surface area contributed by atoms with Crippen LogP contribution in [0.15, 0.2) is 0 Å². The highest BCUT2D eigenvalue weighted by molar-refractivity contribution is 7.73. The molecule has 8 heavy (non-hydrogen) atoms. The summed E-state index contributed by atoms with van der Waals surface area (Å²) in [4.78, 5) is 17.6. The van der Waals surface area contributed by atoms with Gasteiger partial charge in [0.05, 0.1) is 0 Å². The first kappa shape index (κ1) is 10.4. The summed E-state index contributed by atoms with van der Waals surface area (Å²) in [5.41, 5.74) is 0. The molecule has 6 heteroatoms. The van der Waals surface area contributed by atoms with Gasteiger partial charge in [-0.3, -0.25) is 18.7 Å².